The number of esters is 4. The molecule has 2 saturated carbocycles. The summed E-state index contributed by atoms with van der Waals surface area (Å²) in [5, 5.41) is 17.9. The van der Waals surface area contributed by atoms with Crippen LogP contribution in [-0.2, 0) is 58.1 Å². The van der Waals surface area contributed by atoms with E-state index in [0.29, 0.717) is 46.1 Å². The Kier molecular flexibility index (Phi) is 18.5. The van der Waals surface area contributed by atoms with Crippen molar-refractivity contribution in [3.63, 3.8) is 0 Å². The molecule has 5 aliphatic rings. The molecule has 18 heteroatoms. The second-order valence-corrected chi connectivity index (χ2v) is 35.3. The summed E-state index contributed by atoms with van der Waals surface area (Å²) in [6.45, 7) is 26.4. The third kappa shape index (κ3) is 11.0. The Labute approximate surface area is 492 Å². The van der Waals surface area contributed by atoms with Gasteiger partial charge in [-0.05, 0) is 108 Å². The van der Waals surface area contributed by atoms with Crippen molar-refractivity contribution < 1.29 is 71.1 Å². The van der Waals surface area contributed by atoms with Crippen LogP contribution in [-0.4, -0.2) is 119 Å². The predicted octanol–water partition coefficient (Wildman–Crippen LogP) is 11.1. The Morgan fingerprint density at radius 2 is 1.45 bits per heavy atom. The van der Waals surface area contributed by atoms with E-state index in [2.05, 4.69) is 67.6 Å². The summed E-state index contributed by atoms with van der Waals surface area (Å²) < 4.78 is 54.2. The van der Waals surface area contributed by atoms with Gasteiger partial charge in [0.1, 0.15) is 29.7 Å². The third-order valence-corrected chi connectivity index (χ3v) is 30.6. The van der Waals surface area contributed by atoms with Crippen molar-refractivity contribution in [2.45, 2.75) is 205 Å². The summed E-state index contributed by atoms with van der Waals surface area (Å²) >= 11 is 0. The minimum atomic E-state index is -3.14. The van der Waals surface area contributed by atoms with Gasteiger partial charge in [0.25, 0.3) is 5.91 Å². The summed E-state index contributed by atoms with van der Waals surface area (Å²) in [7, 11) is -4.40. The van der Waals surface area contributed by atoms with Crippen LogP contribution in [0.5, 0.6) is 5.75 Å². The molecule has 11 unspecified atom stereocenters. The number of Topliss-reactive ketones (excluding diaryl/α,β-unsaturated/α-hetero) is 1. The van der Waals surface area contributed by atoms with Gasteiger partial charge in [-0.15, -0.1) is 0 Å². The summed E-state index contributed by atoms with van der Waals surface area (Å²) in [5.41, 5.74) is -5.99. The molecule has 8 rings (SSSR count). The van der Waals surface area contributed by atoms with E-state index in [0.717, 1.165) is 0 Å². The predicted molar refractivity (Wildman–Crippen MR) is 317 cm³/mol. The number of fused-ring (bicyclic) bond motifs is 3. The van der Waals surface area contributed by atoms with Crippen molar-refractivity contribution in [1.29, 1.82) is 0 Å². The van der Waals surface area contributed by atoms with Crippen LogP contribution in [0.3, 0.4) is 0 Å². The quantitative estimate of drug-likeness (QED) is 0.0592. The van der Waals surface area contributed by atoms with Crippen LogP contribution >= 0.6 is 0 Å². The zero-order valence-corrected chi connectivity index (χ0v) is 53.1. The minimum absolute atomic E-state index is 0.0483. The first kappa shape index (κ1) is 63.3. The van der Waals surface area contributed by atoms with E-state index in [-0.39, 0.29) is 47.2 Å². The van der Waals surface area contributed by atoms with Gasteiger partial charge in [0.2, 0.25) is 8.32 Å². The maximum atomic E-state index is 16.9. The van der Waals surface area contributed by atoms with Crippen molar-refractivity contribution in [2.75, 3.05) is 13.7 Å². The smallest absolute Gasteiger partial charge is 0.338 e. The molecule has 0 radical (unpaired) electrons. The van der Waals surface area contributed by atoms with Crippen LogP contribution < -0.4 is 10.1 Å². The normalized spacial score (nSPS) is 29.8. The number of allylic oxidation sites excluding steroid dienone is 1. The van der Waals surface area contributed by atoms with E-state index in [9.17, 15) is 14.7 Å². The van der Waals surface area contributed by atoms with E-state index >= 15 is 19.2 Å². The maximum Gasteiger partial charge on any atom is 0.338 e. The molecule has 0 aromatic heterocycles. The number of aliphatic hydroxyl groups is 1. The monoisotopic (exact) mass is 1180 g/mol. The standard InChI is InChI=1S/C65H87NO15Si2/c1-16-82(17-2,18-3)80-49-35-50-64(37-75-50)56-58(78-60(71)45-30-24-31-46(34-45)74-15)65(73)36-48(41(10)52(62(65,12)13)54(76-42(11)67)57(69)63(49,56)14)77-61(72)55(81-83(38(4)5,39(6)7)40(8)9)53(66-59(70)44-27-20-19-21-28-44)47-32-23-22-26-43(47)29-25-33-51(68)79-64/h19-28,30-34,38-40,48-50,53-56,58,73H,16-18,29,35-37H2,1-15H3,(H,66,70). The van der Waals surface area contributed by atoms with Gasteiger partial charge in [-0.1, -0.05) is 131 Å². The number of carbonyl (C=O) groups is 6. The number of ether oxygens (including phenoxy) is 6. The largest absolute Gasteiger partial charge is 0.497 e. The fraction of sp³-hybridized carbons (Fsp3) is 0.569. The van der Waals surface area contributed by atoms with Crippen LogP contribution in [0.15, 0.2) is 102 Å². The molecule has 16 nitrogen and oxygen atoms in total. The molecule has 2 heterocycles. The first-order valence-electron chi connectivity index (χ1n) is 29.7. The molecule has 3 aliphatic carbocycles. The molecular weight excluding hydrogens is 1090 g/mol. The molecule has 83 heavy (non-hydrogen) atoms. The number of ketones is 1. The second kappa shape index (κ2) is 24.3. The van der Waals surface area contributed by atoms with E-state index < -0.39 is 129 Å². The molecule has 2 aliphatic heterocycles. The van der Waals surface area contributed by atoms with Gasteiger partial charge >= 0.3 is 23.9 Å². The van der Waals surface area contributed by atoms with E-state index in [1.807, 2.05) is 18.2 Å². The van der Waals surface area contributed by atoms with E-state index in [1.165, 1.54) is 26.2 Å². The number of carbonyl (C=O) groups excluding carboxylic acids is 6. The van der Waals surface area contributed by atoms with Gasteiger partial charge in [0, 0.05) is 36.8 Å². The van der Waals surface area contributed by atoms with Crippen molar-refractivity contribution in [3.05, 3.63) is 124 Å². The SMILES string of the molecule is CC[Si](CC)(CC)OC1CC2OCC23OC(=O)C=CCc2ccccc2C(NC(=O)c2ccccc2)C(O[Si](C(C)C)(C(C)C)C(C)C)C(=O)OC2CC4(O)C(OC(=O)c5cccc(OC)c5)C3C1(C)C(=O)C(OC(C)=O)C(=C2C)C4(C)C. The average molecular weight is 1180 g/mol. The summed E-state index contributed by atoms with van der Waals surface area (Å²) in [6, 6.07) is 23.1. The number of methoxy groups -OCH3 is 1. The highest BCUT2D eigenvalue weighted by Gasteiger charge is 2.79. The van der Waals surface area contributed by atoms with Crippen LogP contribution in [0, 0.1) is 16.7 Å². The Morgan fingerprint density at radius 1 is 0.819 bits per heavy atom. The fourth-order valence-corrected chi connectivity index (χ4v) is 23.6. The molecular formula is C65H87NO15Si2. The average Bonchev–Trinajstić information content (AvgIpc) is 1.25. The lowest BCUT2D eigenvalue weighted by molar-refractivity contribution is -0.344. The summed E-state index contributed by atoms with van der Waals surface area (Å²) in [4.78, 5) is 92.2. The van der Waals surface area contributed by atoms with Gasteiger partial charge in [-0.3, -0.25) is 14.4 Å². The lowest BCUT2D eigenvalue weighted by atomic mass is 9.44. The maximum absolute atomic E-state index is 16.9. The van der Waals surface area contributed by atoms with E-state index in [1.54, 1.807) is 88.4 Å². The first-order valence-corrected chi connectivity index (χ1v) is 34.3. The highest BCUT2D eigenvalue weighted by atomic mass is 28.4. The van der Waals surface area contributed by atoms with Gasteiger partial charge in [-0.25, -0.2) is 14.4 Å². The Balaban J connectivity index is 1.47. The first-order chi connectivity index (χ1) is 39.2. The molecule has 3 aromatic carbocycles. The van der Waals surface area contributed by atoms with Gasteiger partial charge in [0.05, 0.1) is 42.8 Å². The zero-order chi connectivity index (χ0) is 60.8. The van der Waals surface area contributed by atoms with Crippen LogP contribution in [0.25, 0.3) is 0 Å². The van der Waals surface area contributed by atoms with Crippen LogP contribution in [0.4, 0.5) is 0 Å². The summed E-state index contributed by atoms with van der Waals surface area (Å²) in [5.74, 6) is -5.71. The molecule has 3 aromatic rings. The molecule has 1 spiro atoms. The Bertz CT molecular complexity index is 2980. The number of rotatable bonds is 16. The van der Waals surface area contributed by atoms with Gasteiger partial charge < -0.3 is 47.7 Å². The molecule has 1 amide bonds. The summed E-state index contributed by atoms with van der Waals surface area (Å²) in [6.07, 6.45) is -5.90. The number of benzene rings is 3. The van der Waals surface area contributed by atoms with Gasteiger partial charge in [-0.2, -0.15) is 0 Å². The van der Waals surface area contributed by atoms with Crippen LogP contribution in [0.1, 0.15) is 148 Å². The molecule has 4 bridgehead atoms. The van der Waals surface area contributed by atoms with Crippen LogP contribution in [0.2, 0.25) is 34.8 Å². The second-order valence-electron chi connectivity index (χ2n) is 25.2. The van der Waals surface area contributed by atoms with Crippen molar-refractivity contribution in [1.82, 2.24) is 5.32 Å². The number of nitrogens with one attached hydrogen (secondary N) is 1. The molecule has 3 fully saturated rings. The Hall–Kier alpha value is -5.77. The lowest BCUT2D eigenvalue weighted by Crippen LogP contribution is -2.82. The molecule has 2 N–H and O–H groups in total. The van der Waals surface area contributed by atoms with E-state index in [4.69, 9.17) is 37.3 Å². The van der Waals surface area contributed by atoms with Crippen molar-refractivity contribution >= 4 is 52.2 Å². The zero-order valence-electron chi connectivity index (χ0n) is 51.1. The minimum Gasteiger partial charge on any atom is -0.497 e. The number of hydrogen-bond acceptors (Lipinski definition) is 15. The fourth-order valence-electron chi connectivity index (χ4n) is 15.1. The molecule has 450 valence electrons. The molecule has 11 atom stereocenters. The third-order valence-electron chi connectivity index (χ3n) is 19.9. The highest BCUT2D eigenvalue weighted by molar-refractivity contribution is 6.77. The Morgan fingerprint density at radius 3 is 2.04 bits per heavy atom. The highest BCUT2D eigenvalue weighted by Crippen LogP contribution is 2.65. The molecule has 1 saturated heterocycles. The number of hydrogen-bond donors (Lipinski definition) is 2. The van der Waals surface area contributed by atoms with Crippen molar-refractivity contribution in [2.24, 2.45) is 16.7 Å². The number of amides is 1. The van der Waals surface area contributed by atoms with Crippen molar-refractivity contribution in [3.8, 4) is 5.75 Å². The van der Waals surface area contributed by atoms with Gasteiger partial charge in [0.15, 0.2) is 31.9 Å². The topological polar surface area (TPSA) is 209 Å². The lowest BCUT2D eigenvalue weighted by Gasteiger charge is -2.68.